The summed E-state index contributed by atoms with van der Waals surface area (Å²) in [6, 6.07) is 16.5. The standard InChI is InChI=1S/C29H36BrN5O2/c1-21-6-4-12-34(17-21)18-23-8-2-7-22(14-23)16-31-29(36)25-10-5-13-35(19-25)20-27-32-28(33-37-27)24-9-3-11-26(30)15-24/h2-3,7-9,11,14-15,21,25H,4-6,10,12-13,16-20H2,1H3,(H,31,36). The molecule has 0 bridgehead atoms. The van der Waals surface area contributed by atoms with Gasteiger partial charge in [0, 0.05) is 36.2 Å². The van der Waals surface area contributed by atoms with Crippen LogP contribution in [-0.4, -0.2) is 52.0 Å². The fourth-order valence-electron chi connectivity index (χ4n) is 5.53. The molecule has 0 saturated carbocycles. The lowest BCUT2D eigenvalue weighted by atomic mass is 9.97. The van der Waals surface area contributed by atoms with Gasteiger partial charge in [0.1, 0.15) is 0 Å². The van der Waals surface area contributed by atoms with Crippen LogP contribution >= 0.6 is 15.9 Å². The van der Waals surface area contributed by atoms with Gasteiger partial charge in [-0.1, -0.05) is 64.4 Å². The first-order chi connectivity index (χ1) is 18.0. The second-order valence-electron chi connectivity index (χ2n) is 10.6. The number of aromatic nitrogens is 2. The summed E-state index contributed by atoms with van der Waals surface area (Å²) in [5.41, 5.74) is 3.40. The molecule has 0 aliphatic carbocycles. The van der Waals surface area contributed by atoms with Gasteiger partial charge in [-0.3, -0.25) is 14.6 Å². The van der Waals surface area contributed by atoms with Crippen LogP contribution < -0.4 is 5.32 Å². The normalized spacial score (nSPS) is 21.1. The molecule has 3 heterocycles. The Labute approximate surface area is 227 Å². The number of hydrogen-bond donors (Lipinski definition) is 1. The first-order valence-electron chi connectivity index (χ1n) is 13.4. The Hall–Kier alpha value is -2.55. The van der Waals surface area contributed by atoms with Crippen molar-refractivity contribution in [1.29, 1.82) is 0 Å². The van der Waals surface area contributed by atoms with Crippen molar-refractivity contribution in [2.45, 2.75) is 52.2 Å². The minimum atomic E-state index is -0.0285. The first kappa shape index (κ1) is 26.1. The zero-order valence-electron chi connectivity index (χ0n) is 21.5. The molecule has 2 aliphatic heterocycles. The zero-order chi connectivity index (χ0) is 25.6. The van der Waals surface area contributed by atoms with Gasteiger partial charge in [-0.2, -0.15) is 4.98 Å². The molecule has 2 unspecified atom stereocenters. The molecule has 2 saturated heterocycles. The molecule has 2 atom stereocenters. The Balaban J connectivity index is 1.11. The molecular weight excluding hydrogens is 530 g/mol. The van der Waals surface area contributed by atoms with Crippen LogP contribution in [0.4, 0.5) is 0 Å². The largest absolute Gasteiger partial charge is 0.352 e. The third kappa shape index (κ3) is 7.27. The predicted molar refractivity (Wildman–Crippen MR) is 147 cm³/mol. The summed E-state index contributed by atoms with van der Waals surface area (Å²) in [5, 5.41) is 7.33. The number of halogens is 1. The van der Waals surface area contributed by atoms with E-state index in [1.54, 1.807) is 0 Å². The molecule has 1 aromatic heterocycles. The van der Waals surface area contributed by atoms with Crippen molar-refractivity contribution in [3.63, 3.8) is 0 Å². The lowest BCUT2D eigenvalue weighted by molar-refractivity contribution is -0.127. The molecule has 5 rings (SSSR count). The van der Waals surface area contributed by atoms with E-state index < -0.39 is 0 Å². The molecule has 0 radical (unpaired) electrons. The molecule has 8 heteroatoms. The van der Waals surface area contributed by atoms with Crippen molar-refractivity contribution in [2.75, 3.05) is 26.2 Å². The summed E-state index contributed by atoms with van der Waals surface area (Å²) in [7, 11) is 0. The van der Waals surface area contributed by atoms with Crippen LogP contribution in [0.1, 0.15) is 49.6 Å². The molecule has 2 fully saturated rings. The lowest BCUT2D eigenvalue weighted by Crippen LogP contribution is -2.42. The third-order valence-corrected chi connectivity index (χ3v) is 7.88. The van der Waals surface area contributed by atoms with Gasteiger partial charge < -0.3 is 9.84 Å². The van der Waals surface area contributed by atoms with Gasteiger partial charge in [-0.25, -0.2) is 0 Å². The zero-order valence-corrected chi connectivity index (χ0v) is 23.1. The molecule has 2 aromatic carbocycles. The molecule has 37 heavy (non-hydrogen) atoms. The predicted octanol–water partition coefficient (Wildman–Crippen LogP) is 5.26. The molecular formula is C29H36BrN5O2. The Kier molecular flexibility index (Phi) is 8.69. The molecule has 196 valence electrons. The monoisotopic (exact) mass is 565 g/mol. The summed E-state index contributed by atoms with van der Waals surface area (Å²) >= 11 is 3.48. The molecule has 1 amide bonds. The number of nitrogens with one attached hydrogen (secondary N) is 1. The fourth-order valence-corrected chi connectivity index (χ4v) is 5.93. The summed E-state index contributed by atoms with van der Waals surface area (Å²) < 4.78 is 6.49. The topological polar surface area (TPSA) is 74.5 Å². The molecule has 1 N–H and O–H groups in total. The number of piperidine rings is 2. The van der Waals surface area contributed by atoms with Crippen molar-refractivity contribution in [1.82, 2.24) is 25.3 Å². The van der Waals surface area contributed by atoms with Crippen molar-refractivity contribution in [2.24, 2.45) is 11.8 Å². The van der Waals surface area contributed by atoms with Crippen molar-refractivity contribution in [3.05, 3.63) is 70.0 Å². The van der Waals surface area contributed by atoms with Crippen LogP contribution in [0.25, 0.3) is 11.4 Å². The summed E-state index contributed by atoms with van der Waals surface area (Å²) in [6.07, 6.45) is 4.51. The van der Waals surface area contributed by atoms with E-state index in [4.69, 9.17) is 4.52 Å². The summed E-state index contributed by atoms with van der Waals surface area (Å²) in [5.74, 6) is 2.04. The van der Waals surface area contributed by atoms with Gasteiger partial charge in [0.05, 0.1) is 12.5 Å². The number of amides is 1. The molecule has 2 aliphatic rings. The van der Waals surface area contributed by atoms with Crippen LogP contribution in [0.5, 0.6) is 0 Å². The number of likely N-dealkylation sites (tertiary alicyclic amines) is 2. The van der Waals surface area contributed by atoms with E-state index in [1.165, 1.54) is 31.5 Å². The first-order valence-corrected chi connectivity index (χ1v) is 14.2. The van der Waals surface area contributed by atoms with Gasteiger partial charge in [-0.15, -0.1) is 0 Å². The van der Waals surface area contributed by atoms with E-state index in [0.29, 0.717) is 31.3 Å². The van der Waals surface area contributed by atoms with E-state index in [0.717, 1.165) is 47.4 Å². The highest BCUT2D eigenvalue weighted by atomic mass is 79.9. The van der Waals surface area contributed by atoms with E-state index in [1.807, 2.05) is 24.3 Å². The van der Waals surface area contributed by atoms with Crippen molar-refractivity contribution >= 4 is 21.8 Å². The van der Waals surface area contributed by atoms with Gasteiger partial charge in [0.2, 0.25) is 17.6 Å². The maximum atomic E-state index is 13.0. The van der Waals surface area contributed by atoms with Gasteiger partial charge in [-0.05, 0) is 68.0 Å². The van der Waals surface area contributed by atoms with E-state index in [2.05, 4.69) is 72.4 Å². The smallest absolute Gasteiger partial charge is 0.241 e. The quantitative estimate of drug-likeness (QED) is 0.401. The van der Waals surface area contributed by atoms with Crippen LogP contribution in [0, 0.1) is 11.8 Å². The van der Waals surface area contributed by atoms with Crippen LogP contribution in [0.15, 0.2) is 57.5 Å². The van der Waals surface area contributed by atoms with Crippen molar-refractivity contribution in [3.8, 4) is 11.4 Å². The Morgan fingerprint density at radius 3 is 2.65 bits per heavy atom. The number of rotatable bonds is 8. The minimum absolute atomic E-state index is 0.0285. The second kappa shape index (κ2) is 12.3. The summed E-state index contributed by atoms with van der Waals surface area (Å²) in [6.45, 7) is 8.44. The molecule has 0 spiro atoms. The average molecular weight is 567 g/mol. The number of carbonyl (C=O) groups excluding carboxylic acids is 1. The Morgan fingerprint density at radius 2 is 1.81 bits per heavy atom. The fraction of sp³-hybridized carbons (Fsp3) is 0.483. The van der Waals surface area contributed by atoms with Gasteiger partial charge >= 0.3 is 0 Å². The number of nitrogens with zero attached hydrogens (tertiary/aromatic N) is 4. The second-order valence-corrected chi connectivity index (χ2v) is 11.5. The van der Waals surface area contributed by atoms with Crippen molar-refractivity contribution < 1.29 is 9.32 Å². The highest BCUT2D eigenvalue weighted by molar-refractivity contribution is 9.10. The van der Waals surface area contributed by atoms with Gasteiger partial charge in [0.25, 0.3) is 0 Å². The highest BCUT2D eigenvalue weighted by Gasteiger charge is 2.27. The van der Waals surface area contributed by atoms with Crippen LogP contribution in [0.2, 0.25) is 0 Å². The average Bonchev–Trinajstić information content (AvgIpc) is 3.36. The molecule has 7 nitrogen and oxygen atoms in total. The lowest BCUT2D eigenvalue weighted by Gasteiger charge is -2.31. The number of hydrogen-bond acceptors (Lipinski definition) is 6. The Morgan fingerprint density at radius 1 is 1.03 bits per heavy atom. The minimum Gasteiger partial charge on any atom is -0.352 e. The van der Waals surface area contributed by atoms with E-state index in [-0.39, 0.29) is 11.8 Å². The van der Waals surface area contributed by atoms with E-state index in [9.17, 15) is 4.79 Å². The van der Waals surface area contributed by atoms with Crippen LogP contribution in [0.3, 0.4) is 0 Å². The highest BCUT2D eigenvalue weighted by Crippen LogP contribution is 2.23. The van der Waals surface area contributed by atoms with Gasteiger partial charge in [0.15, 0.2) is 0 Å². The Bertz CT molecular complexity index is 1200. The number of benzene rings is 2. The maximum absolute atomic E-state index is 13.0. The summed E-state index contributed by atoms with van der Waals surface area (Å²) in [4.78, 5) is 22.4. The van der Waals surface area contributed by atoms with Crippen LogP contribution in [-0.2, 0) is 24.4 Å². The number of carbonyl (C=O) groups is 1. The maximum Gasteiger partial charge on any atom is 0.241 e. The third-order valence-electron chi connectivity index (χ3n) is 7.39. The van der Waals surface area contributed by atoms with E-state index >= 15 is 0 Å². The SMILES string of the molecule is CC1CCCN(Cc2cccc(CNC(=O)C3CCCN(Cc4nc(-c5cccc(Br)c5)no4)C3)c2)C1. The molecule has 3 aromatic rings.